The smallest absolute Gasteiger partial charge is 0.202 e. The van der Waals surface area contributed by atoms with Crippen molar-refractivity contribution < 1.29 is 4.42 Å². The Morgan fingerprint density at radius 3 is 2.60 bits per heavy atom. The summed E-state index contributed by atoms with van der Waals surface area (Å²) in [4.78, 5) is 12.6. The maximum Gasteiger partial charge on any atom is 0.202 e. The van der Waals surface area contributed by atoms with Crippen LogP contribution in [0.4, 0.5) is 0 Å². The molecule has 5 nitrogen and oxygen atoms in total. The van der Waals surface area contributed by atoms with Crippen LogP contribution in [0, 0.1) is 32.5 Å². The SMILES string of the molecule is CCCCn1nc(C)n(-c2cc(C)c3oc(C)cc(=O)c3c2C)c1=S. The van der Waals surface area contributed by atoms with E-state index in [0.717, 1.165) is 42.0 Å². The van der Waals surface area contributed by atoms with Crippen LogP contribution in [0.5, 0.6) is 0 Å². The summed E-state index contributed by atoms with van der Waals surface area (Å²) in [6.45, 7) is 10.6. The standard InChI is InChI=1S/C19H23N3O2S/c1-6-7-8-21-19(25)22(14(5)20-21)15-9-11(2)18-17(13(15)4)16(23)10-12(3)24-18/h9-10H,6-8H2,1-5H3. The number of aryl methyl sites for hydroxylation is 5. The lowest BCUT2D eigenvalue weighted by Gasteiger charge is -2.13. The van der Waals surface area contributed by atoms with Crippen LogP contribution >= 0.6 is 12.2 Å². The third-order valence-electron chi connectivity index (χ3n) is 4.51. The molecular weight excluding hydrogens is 334 g/mol. The highest BCUT2D eigenvalue weighted by atomic mass is 32.1. The van der Waals surface area contributed by atoms with E-state index in [2.05, 4.69) is 12.0 Å². The molecule has 0 atom stereocenters. The fraction of sp³-hybridized carbons (Fsp3) is 0.421. The van der Waals surface area contributed by atoms with Gasteiger partial charge in [-0.25, -0.2) is 4.68 Å². The molecule has 25 heavy (non-hydrogen) atoms. The molecule has 2 aromatic heterocycles. The van der Waals surface area contributed by atoms with Crippen molar-refractivity contribution in [2.75, 3.05) is 0 Å². The molecule has 0 spiro atoms. The second-order valence-electron chi connectivity index (χ2n) is 6.50. The van der Waals surface area contributed by atoms with Crippen molar-refractivity contribution >= 4 is 23.2 Å². The number of hydrogen-bond donors (Lipinski definition) is 0. The van der Waals surface area contributed by atoms with E-state index in [-0.39, 0.29) is 5.43 Å². The molecule has 0 N–H and O–H groups in total. The Balaban J connectivity index is 2.31. The molecule has 0 amide bonds. The minimum atomic E-state index is -0.0243. The molecule has 0 aliphatic carbocycles. The molecule has 3 aromatic rings. The lowest BCUT2D eigenvalue weighted by molar-refractivity contribution is 0.560. The summed E-state index contributed by atoms with van der Waals surface area (Å²) in [7, 11) is 0. The maximum atomic E-state index is 12.6. The predicted molar refractivity (Wildman–Crippen MR) is 102 cm³/mol. The number of rotatable bonds is 4. The number of nitrogens with zero attached hydrogens (tertiary/aromatic N) is 3. The van der Waals surface area contributed by atoms with Gasteiger partial charge in [-0.2, -0.15) is 5.10 Å². The second kappa shape index (κ2) is 6.59. The highest BCUT2D eigenvalue weighted by molar-refractivity contribution is 7.71. The van der Waals surface area contributed by atoms with E-state index in [4.69, 9.17) is 16.6 Å². The Morgan fingerprint density at radius 1 is 1.20 bits per heavy atom. The number of benzene rings is 1. The number of aromatic nitrogens is 3. The first-order chi connectivity index (χ1) is 11.8. The van der Waals surface area contributed by atoms with Crippen molar-refractivity contribution in [2.24, 2.45) is 0 Å². The fourth-order valence-corrected chi connectivity index (χ4v) is 3.59. The quantitative estimate of drug-likeness (QED) is 0.643. The molecule has 6 heteroatoms. The van der Waals surface area contributed by atoms with Crippen LogP contribution in [0.3, 0.4) is 0 Å². The van der Waals surface area contributed by atoms with Gasteiger partial charge in [-0.1, -0.05) is 13.3 Å². The third-order valence-corrected chi connectivity index (χ3v) is 4.90. The number of hydrogen-bond acceptors (Lipinski definition) is 4. The Bertz CT molecular complexity index is 1070. The molecule has 0 aliphatic heterocycles. The van der Waals surface area contributed by atoms with E-state index in [0.29, 0.717) is 21.5 Å². The van der Waals surface area contributed by atoms with Crippen molar-refractivity contribution in [2.45, 2.75) is 54.0 Å². The molecule has 2 heterocycles. The molecular formula is C19H23N3O2S. The lowest BCUT2D eigenvalue weighted by Crippen LogP contribution is -2.08. The number of unbranched alkanes of at least 4 members (excludes halogenated alkanes) is 1. The predicted octanol–water partition coefficient (Wildman–Crippen LogP) is 4.54. The first-order valence-corrected chi connectivity index (χ1v) is 8.97. The Kier molecular flexibility index (Phi) is 4.64. The van der Waals surface area contributed by atoms with Crippen LogP contribution in [0.1, 0.15) is 42.5 Å². The summed E-state index contributed by atoms with van der Waals surface area (Å²) in [5, 5.41) is 5.20. The Hall–Kier alpha value is -2.21. The van der Waals surface area contributed by atoms with Crippen molar-refractivity contribution in [1.29, 1.82) is 0 Å². The van der Waals surface area contributed by atoms with Gasteiger partial charge in [-0.3, -0.25) is 9.36 Å². The van der Waals surface area contributed by atoms with Crippen LogP contribution in [0.15, 0.2) is 21.3 Å². The molecule has 3 rings (SSSR count). The molecule has 1 aromatic carbocycles. The largest absolute Gasteiger partial charge is 0.461 e. The van der Waals surface area contributed by atoms with Crippen molar-refractivity contribution in [3.63, 3.8) is 0 Å². The minimum Gasteiger partial charge on any atom is -0.461 e. The van der Waals surface area contributed by atoms with Crippen LogP contribution in [0.2, 0.25) is 0 Å². The third kappa shape index (κ3) is 2.95. The molecule has 0 radical (unpaired) electrons. The van der Waals surface area contributed by atoms with Gasteiger partial charge < -0.3 is 4.42 Å². The van der Waals surface area contributed by atoms with Crippen LogP contribution in [-0.4, -0.2) is 14.3 Å². The summed E-state index contributed by atoms with van der Waals surface area (Å²) >= 11 is 5.65. The number of fused-ring (bicyclic) bond motifs is 1. The first kappa shape index (κ1) is 17.6. The zero-order chi connectivity index (χ0) is 18.3. The van der Waals surface area contributed by atoms with Crippen molar-refractivity contribution in [3.8, 4) is 5.69 Å². The van der Waals surface area contributed by atoms with Gasteiger partial charge in [-0.05, 0) is 63.5 Å². The van der Waals surface area contributed by atoms with Gasteiger partial charge in [0.05, 0.1) is 11.1 Å². The van der Waals surface area contributed by atoms with Gasteiger partial charge in [0.1, 0.15) is 17.2 Å². The average Bonchev–Trinajstić information content (AvgIpc) is 2.82. The van der Waals surface area contributed by atoms with Gasteiger partial charge in [0.25, 0.3) is 0 Å². The summed E-state index contributed by atoms with van der Waals surface area (Å²) < 4.78 is 10.3. The monoisotopic (exact) mass is 357 g/mol. The highest BCUT2D eigenvalue weighted by Gasteiger charge is 2.17. The summed E-state index contributed by atoms with van der Waals surface area (Å²) in [6.07, 6.45) is 2.12. The molecule has 0 unspecified atom stereocenters. The van der Waals surface area contributed by atoms with E-state index < -0.39 is 0 Å². The molecule has 0 aliphatic rings. The van der Waals surface area contributed by atoms with E-state index in [1.54, 1.807) is 6.92 Å². The molecule has 0 fully saturated rings. The van der Waals surface area contributed by atoms with Gasteiger partial charge >= 0.3 is 0 Å². The van der Waals surface area contributed by atoms with Crippen molar-refractivity contribution in [1.82, 2.24) is 14.3 Å². The summed E-state index contributed by atoms with van der Waals surface area (Å²) in [6, 6.07) is 3.56. The van der Waals surface area contributed by atoms with Crippen LogP contribution < -0.4 is 5.43 Å². The van der Waals surface area contributed by atoms with Gasteiger partial charge in [0.15, 0.2) is 5.43 Å². The van der Waals surface area contributed by atoms with E-state index in [1.807, 2.05) is 36.1 Å². The second-order valence-corrected chi connectivity index (χ2v) is 6.87. The summed E-state index contributed by atoms with van der Waals surface area (Å²) in [5.41, 5.74) is 3.30. The average molecular weight is 357 g/mol. The van der Waals surface area contributed by atoms with E-state index in [1.165, 1.54) is 6.07 Å². The molecule has 0 saturated carbocycles. The Morgan fingerprint density at radius 2 is 1.92 bits per heavy atom. The van der Waals surface area contributed by atoms with Gasteiger partial charge in [-0.15, -0.1) is 0 Å². The lowest BCUT2D eigenvalue weighted by atomic mass is 10.0. The minimum absolute atomic E-state index is 0.0243. The fourth-order valence-electron chi connectivity index (χ4n) is 3.23. The van der Waals surface area contributed by atoms with Gasteiger partial charge in [0.2, 0.25) is 4.77 Å². The first-order valence-electron chi connectivity index (χ1n) is 8.56. The molecule has 0 bridgehead atoms. The highest BCUT2D eigenvalue weighted by Crippen LogP contribution is 2.27. The topological polar surface area (TPSA) is 53.0 Å². The zero-order valence-corrected chi connectivity index (χ0v) is 16.2. The zero-order valence-electron chi connectivity index (χ0n) is 15.3. The van der Waals surface area contributed by atoms with E-state index in [9.17, 15) is 4.79 Å². The Labute approximate surface area is 151 Å². The normalized spacial score (nSPS) is 11.4. The summed E-state index contributed by atoms with van der Waals surface area (Å²) in [5.74, 6) is 1.44. The van der Waals surface area contributed by atoms with E-state index >= 15 is 0 Å². The van der Waals surface area contributed by atoms with Crippen LogP contribution in [0.25, 0.3) is 16.7 Å². The van der Waals surface area contributed by atoms with Gasteiger partial charge in [0, 0.05) is 12.6 Å². The maximum absolute atomic E-state index is 12.6. The molecule has 0 saturated heterocycles. The molecule has 132 valence electrons. The van der Waals surface area contributed by atoms with Crippen LogP contribution in [-0.2, 0) is 6.54 Å². The van der Waals surface area contributed by atoms with Crippen molar-refractivity contribution in [3.05, 3.63) is 49.8 Å².